The van der Waals surface area contributed by atoms with E-state index in [0.717, 1.165) is 37.3 Å². The minimum Gasteiger partial charge on any atom is -0.461 e. The molecule has 1 aromatic carbocycles. The summed E-state index contributed by atoms with van der Waals surface area (Å²) in [6.45, 7) is 1.93. The Kier molecular flexibility index (Phi) is 4.49. The second-order valence-electron chi connectivity index (χ2n) is 6.87. The summed E-state index contributed by atoms with van der Waals surface area (Å²) < 4.78 is 11.0. The van der Waals surface area contributed by atoms with Crippen LogP contribution in [0, 0.1) is 0 Å². The minimum absolute atomic E-state index is 0.0107. The van der Waals surface area contributed by atoms with Gasteiger partial charge in [-0.1, -0.05) is 24.3 Å². The molecular formula is C20H24N2O3. The number of amides is 2. The van der Waals surface area contributed by atoms with E-state index < -0.39 is 0 Å². The Morgan fingerprint density at radius 3 is 3.04 bits per heavy atom. The third kappa shape index (κ3) is 3.16. The fourth-order valence-corrected chi connectivity index (χ4v) is 3.96. The number of ether oxygens (including phenoxy) is 1. The lowest BCUT2D eigenvalue weighted by Gasteiger charge is -2.31. The molecule has 2 aliphatic rings. The first-order valence-corrected chi connectivity index (χ1v) is 8.96. The molecule has 0 spiro atoms. The Labute approximate surface area is 148 Å². The summed E-state index contributed by atoms with van der Waals surface area (Å²) in [7, 11) is 1.65. The van der Waals surface area contributed by atoms with Gasteiger partial charge in [-0.15, -0.1) is 0 Å². The number of urea groups is 1. The number of likely N-dealkylation sites (tertiary alicyclic amines) is 1. The van der Waals surface area contributed by atoms with Gasteiger partial charge in [-0.05, 0) is 42.5 Å². The molecule has 1 aliphatic carbocycles. The molecule has 1 aromatic heterocycles. The number of carbonyl (C=O) groups excluding carboxylic acids is 1. The van der Waals surface area contributed by atoms with Gasteiger partial charge in [-0.2, -0.15) is 0 Å². The Morgan fingerprint density at radius 1 is 1.32 bits per heavy atom. The van der Waals surface area contributed by atoms with Gasteiger partial charge < -0.3 is 19.4 Å². The quantitative estimate of drug-likeness (QED) is 0.904. The Bertz CT molecular complexity index is 755. The fraction of sp³-hybridized carbons (Fsp3) is 0.450. The molecule has 2 heterocycles. The van der Waals surface area contributed by atoms with Gasteiger partial charge in [0.25, 0.3) is 0 Å². The van der Waals surface area contributed by atoms with Crippen molar-refractivity contribution >= 4 is 6.03 Å². The largest absolute Gasteiger partial charge is 0.461 e. The third-order valence-electron chi connectivity index (χ3n) is 5.27. The summed E-state index contributed by atoms with van der Waals surface area (Å²) >= 11 is 0. The smallest absolute Gasteiger partial charge is 0.318 e. The molecule has 0 unspecified atom stereocenters. The average Bonchev–Trinajstić information content (AvgIpc) is 3.24. The number of hydrogen-bond donors (Lipinski definition) is 1. The maximum atomic E-state index is 12.7. The molecule has 132 valence electrons. The monoisotopic (exact) mass is 340 g/mol. The highest BCUT2D eigenvalue weighted by Crippen LogP contribution is 2.35. The first-order chi connectivity index (χ1) is 12.3. The van der Waals surface area contributed by atoms with Gasteiger partial charge in [0.1, 0.15) is 18.1 Å². The van der Waals surface area contributed by atoms with E-state index in [0.29, 0.717) is 19.1 Å². The topological polar surface area (TPSA) is 54.7 Å². The van der Waals surface area contributed by atoms with Crippen LogP contribution in [0.3, 0.4) is 0 Å². The minimum atomic E-state index is 0.0107. The molecule has 1 fully saturated rings. The highest BCUT2D eigenvalue weighted by molar-refractivity contribution is 5.75. The van der Waals surface area contributed by atoms with Crippen LogP contribution >= 0.6 is 0 Å². The Morgan fingerprint density at radius 2 is 2.20 bits per heavy atom. The van der Waals surface area contributed by atoms with Gasteiger partial charge in [0, 0.05) is 26.1 Å². The van der Waals surface area contributed by atoms with Crippen LogP contribution in [-0.2, 0) is 17.8 Å². The van der Waals surface area contributed by atoms with E-state index in [1.54, 1.807) is 7.11 Å². The van der Waals surface area contributed by atoms with E-state index in [1.165, 1.54) is 11.1 Å². The number of methoxy groups -OCH3 is 1. The molecule has 0 saturated carbocycles. The van der Waals surface area contributed by atoms with Gasteiger partial charge in [-0.25, -0.2) is 4.79 Å². The summed E-state index contributed by atoms with van der Waals surface area (Å²) in [5, 5.41) is 3.12. The number of carbonyl (C=O) groups is 1. The molecule has 2 amide bonds. The van der Waals surface area contributed by atoms with Crippen LogP contribution in [0.5, 0.6) is 0 Å². The second kappa shape index (κ2) is 6.92. The van der Waals surface area contributed by atoms with Crippen LogP contribution in [0.25, 0.3) is 0 Å². The van der Waals surface area contributed by atoms with Crippen LogP contribution in [-0.4, -0.2) is 31.1 Å². The normalized spacial score (nSPS) is 21.7. The van der Waals surface area contributed by atoms with Gasteiger partial charge in [0.2, 0.25) is 0 Å². The summed E-state index contributed by atoms with van der Waals surface area (Å²) in [5.41, 5.74) is 2.78. The summed E-state index contributed by atoms with van der Waals surface area (Å²) in [5.74, 6) is 2.10. The number of rotatable bonds is 5. The van der Waals surface area contributed by atoms with Crippen molar-refractivity contribution in [1.29, 1.82) is 0 Å². The van der Waals surface area contributed by atoms with Gasteiger partial charge in [0.15, 0.2) is 0 Å². The van der Waals surface area contributed by atoms with Gasteiger partial charge >= 0.3 is 6.03 Å². The molecule has 1 aliphatic heterocycles. The average molecular weight is 340 g/mol. The van der Waals surface area contributed by atoms with Crippen molar-refractivity contribution in [1.82, 2.24) is 10.2 Å². The SMILES string of the molecule is COCc1ccc([C@@H]2CCCN2C(=O)NC[C@H]2Cc3ccccc32)o1. The molecule has 2 atom stereocenters. The van der Waals surface area contributed by atoms with Gasteiger partial charge in [0.05, 0.1) is 6.04 Å². The first-order valence-electron chi connectivity index (χ1n) is 8.96. The van der Waals surface area contributed by atoms with Crippen molar-refractivity contribution in [2.75, 3.05) is 20.2 Å². The standard InChI is InChI=1S/C20H24N2O3/c1-24-13-16-8-9-19(25-16)18-7-4-10-22(18)20(23)21-12-15-11-14-5-2-3-6-17(14)15/h2-3,5-6,8-9,15,18H,4,7,10-13H2,1H3,(H,21,23)/t15-,18+/m1/s1. The van der Waals surface area contributed by atoms with E-state index >= 15 is 0 Å². The molecule has 5 heteroatoms. The highest BCUT2D eigenvalue weighted by atomic mass is 16.5. The van der Waals surface area contributed by atoms with Crippen LogP contribution in [0.4, 0.5) is 4.79 Å². The first kappa shape index (κ1) is 16.2. The molecule has 0 bridgehead atoms. The van der Waals surface area contributed by atoms with Crippen molar-refractivity contribution in [3.8, 4) is 0 Å². The zero-order valence-corrected chi connectivity index (χ0v) is 14.5. The summed E-state index contributed by atoms with van der Waals surface area (Å²) in [6, 6.07) is 12.4. The lowest BCUT2D eigenvalue weighted by molar-refractivity contribution is 0.156. The highest BCUT2D eigenvalue weighted by Gasteiger charge is 2.33. The van der Waals surface area contributed by atoms with Crippen molar-refractivity contribution in [2.45, 2.75) is 37.8 Å². The molecule has 4 rings (SSSR count). The maximum absolute atomic E-state index is 12.7. The van der Waals surface area contributed by atoms with E-state index in [2.05, 4.69) is 29.6 Å². The lowest BCUT2D eigenvalue weighted by atomic mass is 9.78. The Hall–Kier alpha value is -2.27. The second-order valence-corrected chi connectivity index (χ2v) is 6.87. The maximum Gasteiger partial charge on any atom is 0.318 e. The Balaban J connectivity index is 1.36. The van der Waals surface area contributed by atoms with Gasteiger partial charge in [-0.3, -0.25) is 0 Å². The van der Waals surface area contributed by atoms with Crippen LogP contribution in [0.15, 0.2) is 40.8 Å². The van der Waals surface area contributed by atoms with E-state index in [9.17, 15) is 4.79 Å². The number of benzene rings is 1. The van der Waals surface area contributed by atoms with Crippen LogP contribution in [0.1, 0.15) is 47.4 Å². The van der Waals surface area contributed by atoms with E-state index in [4.69, 9.17) is 9.15 Å². The lowest BCUT2D eigenvalue weighted by Crippen LogP contribution is -2.42. The van der Waals surface area contributed by atoms with E-state index in [1.807, 2.05) is 17.0 Å². The summed E-state index contributed by atoms with van der Waals surface area (Å²) in [6.07, 6.45) is 3.00. The predicted molar refractivity (Wildman–Crippen MR) is 94.4 cm³/mol. The number of furan rings is 1. The molecule has 0 radical (unpaired) electrons. The zero-order valence-electron chi connectivity index (χ0n) is 14.5. The van der Waals surface area contributed by atoms with Crippen molar-refractivity contribution in [2.24, 2.45) is 0 Å². The summed E-state index contributed by atoms with van der Waals surface area (Å²) in [4.78, 5) is 14.6. The number of nitrogens with zero attached hydrogens (tertiary/aromatic N) is 1. The van der Waals surface area contributed by atoms with Crippen molar-refractivity contribution in [3.05, 3.63) is 59.0 Å². The fourth-order valence-electron chi connectivity index (χ4n) is 3.96. The predicted octanol–water partition coefficient (Wildman–Crippen LogP) is 3.61. The number of fused-ring (bicyclic) bond motifs is 1. The van der Waals surface area contributed by atoms with E-state index in [-0.39, 0.29) is 12.1 Å². The molecular weight excluding hydrogens is 316 g/mol. The molecule has 5 nitrogen and oxygen atoms in total. The van der Waals surface area contributed by atoms with Crippen LogP contribution in [0.2, 0.25) is 0 Å². The van der Waals surface area contributed by atoms with Crippen molar-refractivity contribution < 1.29 is 13.9 Å². The van der Waals surface area contributed by atoms with Crippen molar-refractivity contribution in [3.63, 3.8) is 0 Å². The third-order valence-corrected chi connectivity index (χ3v) is 5.27. The molecule has 25 heavy (non-hydrogen) atoms. The molecule has 1 saturated heterocycles. The molecule has 2 aromatic rings. The van der Waals surface area contributed by atoms with Crippen LogP contribution < -0.4 is 5.32 Å². The number of hydrogen-bond acceptors (Lipinski definition) is 3. The zero-order chi connectivity index (χ0) is 17.2. The molecule has 1 N–H and O–H groups in total. The number of nitrogens with one attached hydrogen (secondary N) is 1.